The molecule has 146 valence electrons. The molecular weight excluding hydrogens is 418 g/mol. The summed E-state index contributed by atoms with van der Waals surface area (Å²) in [6.45, 7) is 1.73. The lowest BCUT2D eigenvalue weighted by atomic mass is 10.0. The number of hydrogen-bond acceptors (Lipinski definition) is 6. The van der Waals surface area contributed by atoms with E-state index >= 15 is 0 Å². The molecule has 3 heterocycles. The quantitative estimate of drug-likeness (QED) is 0.658. The number of thiophene rings is 1. The van der Waals surface area contributed by atoms with Crippen LogP contribution in [-0.2, 0) is 15.6 Å². The van der Waals surface area contributed by atoms with E-state index in [1.165, 1.54) is 18.4 Å². The topological polar surface area (TPSA) is 104 Å². The van der Waals surface area contributed by atoms with E-state index in [2.05, 4.69) is 15.0 Å². The molecule has 1 aliphatic rings. The molecule has 28 heavy (non-hydrogen) atoms. The summed E-state index contributed by atoms with van der Waals surface area (Å²) < 4.78 is 26.0. The molecule has 0 bridgehead atoms. The highest BCUT2D eigenvalue weighted by molar-refractivity contribution is 7.89. The molecule has 0 spiro atoms. The molecule has 10 heteroatoms. The van der Waals surface area contributed by atoms with Gasteiger partial charge in [-0.05, 0) is 13.0 Å². The Bertz CT molecular complexity index is 1170. The predicted octanol–water partition coefficient (Wildman–Crippen LogP) is 3.26. The van der Waals surface area contributed by atoms with Crippen LogP contribution in [0.15, 0.2) is 47.7 Å². The minimum Gasteiger partial charge on any atom is -0.369 e. The van der Waals surface area contributed by atoms with Crippen LogP contribution in [0.2, 0.25) is 5.02 Å². The number of benzene rings is 1. The molecule has 0 radical (unpaired) electrons. The van der Waals surface area contributed by atoms with Gasteiger partial charge in [0.1, 0.15) is 5.54 Å². The van der Waals surface area contributed by atoms with Gasteiger partial charge in [-0.25, -0.2) is 22.7 Å². The second kappa shape index (κ2) is 6.61. The molecule has 7 nitrogen and oxygen atoms in total. The van der Waals surface area contributed by atoms with Gasteiger partial charge in [0.05, 0.1) is 38.2 Å². The van der Waals surface area contributed by atoms with E-state index in [1.807, 2.05) is 36.4 Å². The molecule has 0 amide bonds. The van der Waals surface area contributed by atoms with Gasteiger partial charge in [0.15, 0.2) is 0 Å². The van der Waals surface area contributed by atoms with Gasteiger partial charge < -0.3 is 10.7 Å². The number of aromatic nitrogens is 2. The fraction of sp³-hybridized carbons (Fsp3) is 0.222. The van der Waals surface area contributed by atoms with Crippen LogP contribution in [0.25, 0.3) is 21.8 Å². The van der Waals surface area contributed by atoms with Crippen molar-refractivity contribution in [3.8, 4) is 21.8 Å². The van der Waals surface area contributed by atoms with Gasteiger partial charge in [0, 0.05) is 12.6 Å². The van der Waals surface area contributed by atoms with Crippen molar-refractivity contribution in [1.82, 2.24) is 14.3 Å². The van der Waals surface area contributed by atoms with Crippen molar-refractivity contribution in [1.29, 1.82) is 0 Å². The van der Waals surface area contributed by atoms with Crippen molar-refractivity contribution >= 4 is 38.9 Å². The van der Waals surface area contributed by atoms with Crippen molar-refractivity contribution in [2.45, 2.75) is 12.5 Å². The highest BCUT2D eigenvalue weighted by Gasteiger charge is 2.42. The second-order valence-electron chi connectivity index (χ2n) is 6.75. The smallest absolute Gasteiger partial charge is 0.239 e. The number of imidazole rings is 1. The Balaban J connectivity index is 1.81. The van der Waals surface area contributed by atoms with E-state index < -0.39 is 15.6 Å². The van der Waals surface area contributed by atoms with E-state index in [0.717, 1.165) is 26.1 Å². The van der Waals surface area contributed by atoms with Gasteiger partial charge in [-0.1, -0.05) is 41.9 Å². The summed E-state index contributed by atoms with van der Waals surface area (Å²) >= 11 is 7.90. The number of hydrogen-bond donors (Lipinski definition) is 2. The maximum Gasteiger partial charge on any atom is 0.239 e. The summed E-state index contributed by atoms with van der Waals surface area (Å²) in [5, 5.41) is 0.451. The van der Waals surface area contributed by atoms with E-state index in [-0.39, 0.29) is 11.7 Å². The number of aliphatic imine (C=N–C) groups is 1. The predicted molar refractivity (Wildman–Crippen MR) is 113 cm³/mol. The van der Waals surface area contributed by atoms with Crippen LogP contribution >= 0.6 is 22.9 Å². The molecule has 0 unspecified atom stereocenters. The van der Waals surface area contributed by atoms with E-state index in [0.29, 0.717) is 9.90 Å². The van der Waals surface area contributed by atoms with Crippen LogP contribution in [0.1, 0.15) is 11.8 Å². The maximum absolute atomic E-state index is 12.5. The molecular formula is C18H18ClN5O2S2. The van der Waals surface area contributed by atoms with Crippen LogP contribution in [0.3, 0.4) is 0 Å². The number of nitrogens with zero attached hydrogens (tertiary/aromatic N) is 3. The van der Waals surface area contributed by atoms with Gasteiger partial charge in [-0.15, -0.1) is 11.3 Å². The molecule has 3 N–H and O–H groups in total. The third kappa shape index (κ3) is 3.09. The SMILES string of the molecule is CN1C(N)=N[C@](C)(c2sc(-c3[nH]cnc3-c3ccccc3)cc2Cl)CS1(=O)=O. The first-order valence-electron chi connectivity index (χ1n) is 8.42. The van der Waals surface area contributed by atoms with Crippen molar-refractivity contribution in [2.75, 3.05) is 12.8 Å². The van der Waals surface area contributed by atoms with Crippen LogP contribution < -0.4 is 5.73 Å². The van der Waals surface area contributed by atoms with Crippen molar-refractivity contribution in [3.05, 3.63) is 52.6 Å². The Morgan fingerprint density at radius 2 is 2.04 bits per heavy atom. The lowest BCUT2D eigenvalue weighted by Gasteiger charge is -2.33. The fourth-order valence-corrected chi connectivity index (χ4v) is 6.39. The Labute approximate surface area is 171 Å². The van der Waals surface area contributed by atoms with Crippen LogP contribution in [0.4, 0.5) is 0 Å². The molecule has 3 aromatic rings. The summed E-state index contributed by atoms with van der Waals surface area (Å²) in [5.41, 5.74) is 7.40. The van der Waals surface area contributed by atoms with Crippen LogP contribution in [0, 0.1) is 0 Å². The highest BCUT2D eigenvalue weighted by Crippen LogP contribution is 2.45. The Kier molecular flexibility index (Phi) is 4.48. The van der Waals surface area contributed by atoms with Crippen LogP contribution in [0.5, 0.6) is 0 Å². The zero-order valence-corrected chi connectivity index (χ0v) is 17.6. The zero-order chi connectivity index (χ0) is 20.1. The lowest BCUT2D eigenvalue weighted by molar-refractivity contribution is 0.482. The first-order chi connectivity index (χ1) is 13.2. The summed E-state index contributed by atoms with van der Waals surface area (Å²) in [7, 11) is -2.18. The van der Waals surface area contributed by atoms with Crippen molar-refractivity contribution in [2.24, 2.45) is 10.7 Å². The van der Waals surface area contributed by atoms with E-state index in [9.17, 15) is 8.42 Å². The molecule has 1 aromatic carbocycles. The van der Waals surface area contributed by atoms with Gasteiger partial charge in [0.25, 0.3) is 0 Å². The monoisotopic (exact) mass is 435 g/mol. The van der Waals surface area contributed by atoms with Gasteiger partial charge in [0.2, 0.25) is 16.0 Å². The van der Waals surface area contributed by atoms with Crippen molar-refractivity contribution < 1.29 is 8.42 Å². The number of H-pyrrole nitrogens is 1. The molecule has 0 aliphatic carbocycles. The molecule has 2 aromatic heterocycles. The largest absolute Gasteiger partial charge is 0.369 e. The van der Waals surface area contributed by atoms with Gasteiger partial charge in [-0.3, -0.25) is 0 Å². The number of nitrogens with two attached hydrogens (primary N) is 1. The highest BCUT2D eigenvalue weighted by atomic mass is 35.5. The Hall–Kier alpha value is -2.36. The van der Waals surface area contributed by atoms with Crippen molar-refractivity contribution in [3.63, 3.8) is 0 Å². The summed E-state index contributed by atoms with van der Waals surface area (Å²) in [4.78, 5) is 13.5. The minimum absolute atomic E-state index is 0.0497. The maximum atomic E-state index is 12.5. The molecule has 0 fully saturated rings. The number of rotatable bonds is 3. The Morgan fingerprint density at radius 1 is 1.32 bits per heavy atom. The molecule has 1 aliphatic heterocycles. The third-order valence-corrected chi connectivity index (χ3v) is 8.44. The lowest BCUT2D eigenvalue weighted by Crippen LogP contribution is -2.50. The van der Waals surface area contributed by atoms with Gasteiger partial charge in [-0.2, -0.15) is 0 Å². The number of guanidine groups is 1. The van der Waals surface area contributed by atoms with E-state index in [1.54, 1.807) is 13.3 Å². The molecule has 0 saturated heterocycles. The average Bonchev–Trinajstić information content (AvgIpc) is 3.27. The summed E-state index contributed by atoms with van der Waals surface area (Å²) in [5.74, 6) is -0.253. The average molecular weight is 436 g/mol. The first-order valence-corrected chi connectivity index (χ1v) is 11.2. The zero-order valence-electron chi connectivity index (χ0n) is 15.2. The number of aromatic amines is 1. The molecule has 1 atom stereocenters. The van der Waals surface area contributed by atoms with Crippen LogP contribution in [-0.4, -0.2) is 41.5 Å². The normalized spacial score (nSPS) is 21.5. The fourth-order valence-electron chi connectivity index (χ4n) is 3.22. The summed E-state index contributed by atoms with van der Waals surface area (Å²) in [6, 6.07) is 11.6. The Morgan fingerprint density at radius 3 is 2.71 bits per heavy atom. The number of nitrogens with one attached hydrogen (secondary N) is 1. The molecule has 4 rings (SSSR count). The molecule has 0 saturated carbocycles. The summed E-state index contributed by atoms with van der Waals surface area (Å²) in [6.07, 6.45) is 1.63. The first kappa shape index (κ1) is 19.0. The number of halogens is 1. The van der Waals surface area contributed by atoms with E-state index in [4.69, 9.17) is 17.3 Å². The standard InChI is InChI=1S/C18H18ClN5O2S2/c1-18(9-28(25,26)24(2)17(20)23-18)16-12(19)8-13(27-16)15-14(21-10-22-15)11-6-4-3-5-7-11/h3-8,10H,9H2,1-2H3,(H2,20,23)(H,21,22)/t18-/m0/s1. The van der Waals surface area contributed by atoms with Gasteiger partial charge >= 0.3 is 0 Å². The second-order valence-corrected chi connectivity index (χ2v) is 10.2. The third-order valence-electron chi connectivity index (χ3n) is 4.67. The minimum atomic E-state index is -3.57. The number of sulfonamides is 1.